The second-order valence-corrected chi connectivity index (χ2v) is 9.57. The second kappa shape index (κ2) is 11.4. The third kappa shape index (κ3) is 5.92. The van der Waals surface area contributed by atoms with Crippen LogP contribution in [0.15, 0.2) is 78.9 Å². The Morgan fingerprint density at radius 2 is 1.68 bits per heavy atom. The normalized spacial score (nSPS) is 19.3. The molecule has 4 rings (SSSR count). The molecule has 1 aliphatic heterocycles. The molecule has 1 saturated heterocycles. The van der Waals surface area contributed by atoms with Crippen molar-refractivity contribution in [1.82, 2.24) is 10.6 Å². The van der Waals surface area contributed by atoms with Crippen LogP contribution in [0.4, 0.5) is 4.39 Å². The van der Waals surface area contributed by atoms with Crippen molar-refractivity contribution in [3.8, 4) is 5.75 Å². The number of carbonyl (C=O) groups is 3. The number of ether oxygens (including phenoxy) is 1. The van der Waals surface area contributed by atoms with Crippen molar-refractivity contribution in [2.75, 3.05) is 18.9 Å². The average molecular weight is 525 g/mol. The number of carbonyl (C=O) groups excluding carboxylic acids is 2. The van der Waals surface area contributed by atoms with E-state index in [1.807, 2.05) is 30.3 Å². The number of aliphatic carboxylic acids is 1. The first-order chi connectivity index (χ1) is 17.8. The highest BCUT2D eigenvalue weighted by atomic mass is 32.2. The molecule has 0 bridgehead atoms. The number of amides is 2. The lowest BCUT2D eigenvalue weighted by Crippen LogP contribution is -2.69. The average Bonchev–Trinajstić information content (AvgIpc) is 2.90. The number of β-lactam (4-membered cyclic amide) rings is 1. The third-order valence-electron chi connectivity index (χ3n) is 5.97. The van der Waals surface area contributed by atoms with E-state index in [1.54, 1.807) is 24.3 Å². The zero-order chi connectivity index (χ0) is 26.4. The molecule has 1 unspecified atom stereocenters. The quantitative estimate of drug-likeness (QED) is 0.284. The van der Waals surface area contributed by atoms with Crippen molar-refractivity contribution in [2.24, 2.45) is 0 Å². The van der Waals surface area contributed by atoms with Gasteiger partial charge in [-0.15, -0.1) is 11.8 Å². The highest BCUT2D eigenvalue weighted by Crippen LogP contribution is 2.46. The van der Waals surface area contributed by atoms with Crippen LogP contribution in [-0.4, -0.2) is 52.2 Å². The summed E-state index contributed by atoms with van der Waals surface area (Å²) in [4.78, 5) is 35.1. The SMILES string of the molecule is O=C(O)CNC(=O)COc1ccc([C@@]2(c3ccccc3)NC(=O)[C@@H]2SCC(O)c2ccc(F)cc2)cc1. The lowest BCUT2D eigenvalue weighted by atomic mass is 9.74. The largest absolute Gasteiger partial charge is 0.484 e. The highest BCUT2D eigenvalue weighted by molar-refractivity contribution is 8.00. The van der Waals surface area contributed by atoms with E-state index in [4.69, 9.17) is 9.84 Å². The van der Waals surface area contributed by atoms with Gasteiger partial charge in [0.1, 0.15) is 28.9 Å². The number of aliphatic hydroxyl groups excluding tert-OH is 1. The van der Waals surface area contributed by atoms with Gasteiger partial charge in [-0.1, -0.05) is 54.6 Å². The van der Waals surface area contributed by atoms with Gasteiger partial charge >= 0.3 is 5.97 Å². The number of carboxylic acids is 1. The van der Waals surface area contributed by atoms with Gasteiger partial charge in [-0.25, -0.2) is 4.39 Å². The minimum Gasteiger partial charge on any atom is -0.484 e. The Morgan fingerprint density at radius 1 is 1.03 bits per heavy atom. The molecule has 3 aromatic rings. The Labute approximate surface area is 216 Å². The summed E-state index contributed by atoms with van der Waals surface area (Å²) in [5, 5.41) is 24.0. The molecule has 0 aliphatic carbocycles. The van der Waals surface area contributed by atoms with Crippen molar-refractivity contribution in [1.29, 1.82) is 0 Å². The molecule has 2 amide bonds. The third-order valence-corrected chi connectivity index (χ3v) is 7.38. The van der Waals surface area contributed by atoms with Gasteiger partial charge in [-0.2, -0.15) is 0 Å². The monoisotopic (exact) mass is 524 g/mol. The van der Waals surface area contributed by atoms with E-state index in [0.717, 1.165) is 11.1 Å². The minimum absolute atomic E-state index is 0.171. The number of hydrogen-bond acceptors (Lipinski definition) is 6. The fraction of sp³-hybridized carbons (Fsp3) is 0.222. The maximum absolute atomic E-state index is 13.2. The maximum atomic E-state index is 13.2. The Balaban J connectivity index is 1.51. The van der Waals surface area contributed by atoms with Gasteiger partial charge in [0, 0.05) is 5.75 Å². The number of hydrogen-bond donors (Lipinski definition) is 4. The first kappa shape index (κ1) is 26.2. The topological polar surface area (TPSA) is 125 Å². The van der Waals surface area contributed by atoms with Crippen molar-refractivity contribution < 1.29 is 33.7 Å². The summed E-state index contributed by atoms with van der Waals surface area (Å²) in [6.07, 6.45) is -0.879. The molecular formula is C27H25FN2O6S. The number of aliphatic hydroxyl groups is 1. The van der Waals surface area contributed by atoms with E-state index in [9.17, 15) is 23.9 Å². The molecule has 1 heterocycles. The van der Waals surface area contributed by atoms with E-state index < -0.39 is 41.1 Å². The van der Waals surface area contributed by atoms with Crippen molar-refractivity contribution in [3.05, 3.63) is 101 Å². The van der Waals surface area contributed by atoms with Gasteiger partial charge in [-0.05, 0) is 41.0 Å². The summed E-state index contributed by atoms with van der Waals surface area (Å²) in [6, 6.07) is 22.0. The molecule has 37 heavy (non-hydrogen) atoms. The zero-order valence-electron chi connectivity index (χ0n) is 19.6. The number of thioether (sulfide) groups is 1. The van der Waals surface area contributed by atoms with Crippen molar-refractivity contribution in [3.63, 3.8) is 0 Å². The number of nitrogens with one attached hydrogen (secondary N) is 2. The fourth-order valence-electron chi connectivity index (χ4n) is 4.12. The van der Waals surface area contributed by atoms with Gasteiger partial charge in [0.25, 0.3) is 5.91 Å². The molecule has 4 N–H and O–H groups in total. The molecule has 1 fully saturated rings. The Hall–Kier alpha value is -3.89. The molecule has 0 radical (unpaired) electrons. The first-order valence-corrected chi connectivity index (χ1v) is 12.5. The molecular weight excluding hydrogens is 499 g/mol. The van der Waals surface area contributed by atoms with E-state index >= 15 is 0 Å². The maximum Gasteiger partial charge on any atom is 0.322 e. The summed E-state index contributed by atoms with van der Waals surface area (Å²) in [5.74, 6) is -1.64. The molecule has 10 heteroatoms. The van der Waals surface area contributed by atoms with Crippen LogP contribution in [0.1, 0.15) is 22.8 Å². The van der Waals surface area contributed by atoms with Crippen molar-refractivity contribution in [2.45, 2.75) is 16.9 Å². The van der Waals surface area contributed by atoms with Gasteiger partial charge < -0.3 is 25.6 Å². The van der Waals surface area contributed by atoms with E-state index in [0.29, 0.717) is 11.3 Å². The Kier molecular flexibility index (Phi) is 8.10. The van der Waals surface area contributed by atoms with Crippen LogP contribution >= 0.6 is 11.8 Å². The predicted octanol–water partition coefficient (Wildman–Crippen LogP) is 2.61. The number of rotatable bonds is 11. The van der Waals surface area contributed by atoms with Gasteiger partial charge in [0.05, 0.1) is 6.10 Å². The molecule has 3 aromatic carbocycles. The predicted molar refractivity (Wildman–Crippen MR) is 136 cm³/mol. The fourth-order valence-corrected chi connectivity index (χ4v) is 5.48. The van der Waals surface area contributed by atoms with E-state index in [2.05, 4.69) is 10.6 Å². The summed E-state index contributed by atoms with van der Waals surface area (Å²) in [6.45, 7) is -0.831. The Morgan fingerprint density at radius 3 is 2.30 bits per heavy atom. The van der Waals surface area contributed by atoms with Crippen LogP contribution in [0.5, 0.6) is 5.75 Å². The van der Waals surface area contributed by atoms with Crippen molar-refractivity contribution >= 4 is 29.5 Å². The summed E-state index contributed by atoms with van der Waals surface area (Å²) >= 11 is 1.31. The lowest BCUT2D eigenvalue weighted by molar-refractivity contribution is -0.138. The van der Waals surface area contributed by atoms with E-state index in [-0.39, 0.29) is 18.3 Å². The highest BCUT2D eigenvalue weighted by Gasteiger charge is 2.56. The molecule has 3 atom stereocenters. The standard InChI is InChI=1S/C27H25FN2O6S/c28-20-10-6-17(7-11-20)22(31)16-37-25-26(35)30-27(25,18-4-2-1-3-5-18)19-8-12-21(13-9-19)36-15-23(32)29-14-24(33)34/h1-13,22,25,31H,14-16H2,(H,29,32)(H,30,35)(H,33,34)/t22?,25-,27+/m0/s1. The summed E-state index contributed by atoms with van der Waals surface area (Å²) < 4.78 is 18.7. The molecule has 1 aliphatic rings. The van der Waals surface area contributed by atoms with Crippen LogP contribution in [0, 0.1) is 5.82 Å². The summed E-state index contributed by atoms with van der Waals surface area (Å²) in [7, 11) is 0. The van der Waals surface area contributed by atoms with Crippen LogP contribution in [-0.2, 0) is 19.9 Å². The number of halogens is 1. The van der Waals surface area contributed by atoms with Crippen LogP contribution in [0.25, 0.3) is 0 Å². The Bertz CT molecular complexity index is 1260. The number of carboxylic acid groups (broad SMARTS) is 1. The molecule has 192 valence electrons. The van der Waals surface area contributed by atoms with Gasteiger partial charge in [-0.3, -0.25) is 14.4 Å². The molecule has 8 nitrogen and oxygen atoms in total. The number of benzene rings is 3. The van der Waals surface area contributed by atoms with Crippen LogP contribution in [0.3, 0.4) is 0 Å². The van der Waals surface area contributed by atoms with Crippen LogP contribution in [0.2, 0.25) is 0 Å². The molecule has 0 spiro atoms. The van der Waals surface area contributed by atoms with Gasteiger partial charge in [0.2, 0.25) is 5.91 Å². The van der Waals surface area contributed by atoms with E-state index in [1.165, 1.54) is 36.0 Å². The lowest BCUT2D eigenvalue weighted by Gasteiger charge is -2.50. The van der Waals surface area contributed by atoms with Gasteiger partial charge in [0.15, 0.2) is 6.61 Å². The second-order valence-electron chi connectivity index (χ2n) is 8.43. The molecule has 0 aromatic heterocycles. The zero-order valence-corrected chi connectivity index (χ0v) is 20.4. The first-order valence-electron chi connectivity index (χ1n) is 11.4. The molecule has 0 saturated carbocycles. The minimum atomic E-state index is -1.15. The summed E-state index contributed by atoms with van der Waals surface area (Å²) in [5.41, 5.74) is 1.36. The van der Waals surface area contributed by atoms with Crippen LogP contribution < -0.4 is 15.4 Å². The smallest absolute Gasteiger partial charge is 0.322 e.